The first kappa shape index (κ1) is 14.3. The topological polar surface area (TPSA) is 49.7 Å². The molecule has 0 aliphatic heterocycles. The summed E-state index contributed by atoms with van der Waals surface area (Å²) in [5, 5.41) is 19.9. The Labute approximate surface area is 106 Å². The normalized spacial score (nSPS) is 14.7. The molecule has 0 bridgehead atoms. The highest BCUT2D eigenvalue weighted by Crippen LogP contribution is 2.29. The van der Waals surface area contributed by atoms with Crippen molar-refractivity contribution < 1.29 is 23.7 Å². The number of halogens is 3. The second kappa shape index (κ2) is 6.88. The van der Waals surface area contributed by atoms with Crippen LogP contribution in [0.15, 0.2) is 24.3 Å². The Kier molecular flexibility index (Phi) is 5.80. The largest absolute Gasteiger partial charge is 0.434 e. The van der Waals surface area contributed by atoms with Gasteiger partial charge in [0.25, 0.3) is 0 Å². The summed E-state index contributed by atoms with van der Waals surface area (Å²) >= 11 is 3.13. The highest BCUT2D eigenvalue weighted by atomic mass is 79.9. The van der Waals surface area contributed by atoms with E-state index in [9.17, 15) is 19.0 Å². The summed E-state index contributed by atoms with van der Waals surface area (Å²) in [4.78, 5) is 0. The van der Waals surface area contributed by atoms with Crippen LogP contribution in [0.3, 0.4) is 0 Å². The second-order valence-electron chi connectivity index (χ2n) is 3.41. The van der Waals surface area contributed by atoms with Crippen LogP contribution in [0.25, 0.3) is 0 Å². The molecule has 0 heterocycles. The van der Waals surface area contributed by atoms with Crippen molar-refractivity contribution in [3.05, 3.63) is 29.8 Å². The molecule has 17 heavy (non-hydrogen) atoms. The van der Waals surface area contributed by atoms with Crippen molar-refractivity contribution in [1.82, 2.24) is 0 Å². The van der Waals surface area contributed by atoms with E-state index in [4.69, 9.17) is 0 Å². The first-order valence-electron chi connectivity index (χ1n) is 5.02. The van der Waals surface area contributed by atoms with Crippen LogP contribution in [0.5, 0.6) is 5.75 Å². The van der Waals surface area contributed by atoms with Crippen LogP contribution in [0.2, 0.25) is 0 Å². The average Bonchev–Trinajstić information content (AvgIpc) is 2.28. The van der Waals surface area contributed by atoms with E-state index in [0.29, 0.717) is 11.8 Å². The van der Waals surface area contributed by atoms with E-state index in [2.05, 4.69) is 20.7 Å². The summed E-state index contributed by atoms with van der Waals surface area (Å²) in [5.74, 6) is -0.122. The highest BCUT2D eigenvalue weighted by molar-refractivity contribution is 9.09. The van der Waals surface area contributed by atoms with Crippen molar-refractivity contribution in [2.24, 2.45) is 0 Å². The summed E-state index contributed by atoms with van der Waals surface area (Å²) < 4.78 is 28.6. The van der Waals surface area contributed by atoms with Gasteiger partial charge in [-0.2, -0.15) is 8.78 Å². The quantitative estimate of drug-likeness (QED) is 0.794. The summed E-state index contributed by atoms with van der Waals surface area (Å²) in [7, 11) is 0. The number of aliphatic hydroxyl groups excluding tert-OH is 2. The van der Waals surface area contributed by atoms with Crippen LogP contribution in [-0.2, 0) is 0 Å². The Morgan fingerprint density at radius 1 is 1.24 bits per heavy atom. The van der Waals surface area contributed by atoms with Crippen LogP contribution >= 0.6 is 15.9 Å². The number of alkyl halides is 3. The van der Waals surface area contributed by atoms with E-state index >= 15 is 0 Å². The highest BCUT2D eigenvalue weighted by Gasteiger charge is 2.22. The molecule has 1 aromatic carbocycles. The van der Waals surface area contributed by atoms with E-state index in [1.54, 1.807) is 6.07 Å². The van der Waals surface area contributed by atoms with Gasteiger partial charge in [-0.25, -0.2) is 0 Å². The van der Waals surface area contributed by atoms with Gasteiger partial charge in [0.15, 0.2) is 0 Å². The lowest BCUT2D eigenvalue weighted by Gasteiger charge is -2.20. The van der Waals surface area contributed by atoms with Crippen molar-refractivity contribution in [2.75, 3.05) is 5.33 Å². The van der Waals surface area contributed by atoms with Gasteiger partial charge in [0, 0.05) is 10.9 Å². The zero-order valence-electron chi connectivity index (χ0n) is 8.89. The molecule has 0 amide bonds. The van der Waals surface area contributed by atoms with Crippen LogP contribution in [0.4, 0.5) is 8.78 Å². The number of aliphatic hydroxyl groups is 2. The molecule has 0 saturated carbocycles. The van der Waals surface area contributed by atoms with Crippen LogP contribution < -0.4 is 4.74 Å². The summed E-state index contributed by atoms with van der Waals surface area (Å²) in [6.45, 7) is -2.96. The standard InChI is InChI=1S/C11H13BrF2O3/c12-6-5-8(15)10(16)7-3-1-2-4-9(7)17-11(13)14/h1-4,8,10-11,15-16H,5-6H2. The number of rotatable bonds is 6. The molecule has 0 saturated heterocycles. The van der Waals surface area contributed by atoms with Crippen molar-refractivity contribution in [2.45, 2.75) is 25.2 Å². The Hall–Kier alpha value is -0.720. The molecule has 0 fully saturated rings. The monoisotopic (exact) mass is 310 g/mol. The van der Waals surface area contributed by atoms with Gasteiger partial charge in [0.1, 0.15) is 11.9 Å². The molecule has 0 aromatic heterocycles. The smallest absolute Gasteiger partial charge is 0.387 e. The third-order valence-electron chi connectivity index (χ3n) is 2.22. The van der Waals surface area contributed by atoms with E-state index in [-0.39, 0.29) is 11.3 Å². The van der Waals surface area contributed by atoms with E-state index in [1.165, 1.54) is 18.2 Å². The second-order valence-corrected chi connectivity index (χ2v) is 4.20. The molecule has 3 nitrogen and oxygen atoms in total. The maximum absolute atomic E-state index is 12.1. The van der Waals surface area contributed by atoms with Crippen LogP contribution in [-0.4, -0.2) is 28.3 Å². The van der Waals surface area contributed by atoms with Gasteiger partial charge >= 0.3 is 6.61 Å². The molecule has 0 aliphatic rings. The first-order valence-corrected chi connectivity index (χ1v) is 6.14. The number of ether oxygens (including phenoxy) is 1. The van der Waals surface area contributed by atoms with E-state index < -0.39 is 18.8 Å². The van der Waals surface area contributed by atoms with Gasteiger partial charge in [-0.15, -0.1) is 0 Å². The molecule has 0 spiro atoms. The zero-order chi connectivity index (χ0) is 12.8. The molecule has 2 atom stereocenters. The molecular weight excluding hydrogens is 298 g/mol. The average molecular weight is 311 g/mol. The molecule has 0 radical (unpaired) electrons. The molecule has 6 heteroatoms. The fourth-order valence-electron chi connectivity index (χ4n) is 1.41. The summed E-state index contributed by atoms with van der Waals surface area (Å²) in [6, 6.07) is 5.87. The third kappa shape index (κ3) is 4.22. The van der Waals surface area contributed by atoms with Gasteiger partial charge in [-0.05, 0) is 12.5 Å². The Balaban J connectivity index is 2.88. The van der Waals surface area contributed by atoms with Gasteiger partial charge < -0.3 is 14.9 Å². The Morgan fingerprint density at radius 3 is 2.47 bits per heavy atom. The number of hydrogen-bond acceptors (Lipinski definition) is 3. The minimum absolute atomic E-state index is 0.122. The lowest BCUT2D eigenvalue weighted by molar-refractivity contribution is -0.0539. The van der Waals surface area contributed by atoms with Crippen molar-refractivity contribution >= 4 is 15.9 Å². The van der Waals surface area contributed by atoms with Crippen molar-refractivity contribution in [1.29, 1.82) is 0 Å². The molecule has 1 rings (SSSR count). The maximum atomic E-state index is 12.1. The molecule has 1 aromatic rings. The van der Waals surface area contributed by atoms with Gasteiger partial charge in [-0.3, -0.25) is 0 Å². The summed E-state index contributed by atoms with van der Waals surface area (Å²) in [5.41, 5.74) is 0.154. The van der Waals surface area contributed by atoms with Gasteiger partial charge in [0.2, 0.25) is 0 Å². The third-order valence-corrected chi connectivity index (χ3v) is 2.68. The predicted molar refractivity (Wildman–Crippen MR) is 62.5 cm³/mol. The van der Waals surface area contributed by atoms with Crippen LogP contribution in [0.1, 0.15) is 18.1 Å². The lowest BCUT2D eigenvalue weighted by Crippen LogP contribution is -2.19. The Morgan fingerprint density at radius 2 is 1.88 bits per heavy atom. The number of benzene rings is 1. The van der Waals surface area contributed by atoms with Crippen LogP contribution in [0, 0.1) is 0 Å². The number of hydrogen-bond donors (Lipinski definition) is 2. The predicted octanol–water partition coefficient (Wildman–Crippen LogP) is 2.47. The SMILES string of the molecule is OC(CCBr)C(O)c1ccccc1OC(F)F. The minimum atomic E-state index is -2.96. The number of para-hydroxylation sites is 1. The molecular formula is C11H13BrF2O3. The van der Waals surface area contributed by atoms with Crippen molar-refractivity contribution in [3.8, 4) is 5.75 Å². The minimum Gasteiger partial charge on any atom is -0.434 e. The molecule has 0 aliphatic carbocycles. The maximum Gasteiger partial charge on any atom is 0.387 e. The van der Waals surface area contributed by atoms with Crippen molar-refractivity contribution in [3.63, 3.8) is 0 Å². The fraction of sp³-hybridized carbons (Fsp3) is 0.455. The summed E-state index contributed by atoms with van der Waals surface area (Å²) in [6.07, 6.45) is -1.97. The Bertz CT molecular complexity index is 349. The fourth-order valence-corrected chi connectivity index (χ4v) is 1.87. The first-order chi connectivity index (χ1) is 8.06. The van der Waals surface area contributed by atoms with Gasteiger partial charge in [0.05, 0.1) is 6.10 Å². The molecule has 96 valence electrons. The zero-order valence-corrected chi connectivity index (χ0v) is 10.5. The molecule has 2 unspecified atom stereocenters. The van der Waals surface area contributed by atoms with E-state index in [0.717, 1.165) is 0 Å². The van der Waals surface area contributed by atoms with E-state index in [1.807, 2.05) is 0 Å². The van der Waals surface area contributed by atoms with Gasteiger partial charge in [-0.1, -0.05) is 34.1 Å². The molecule has 2 N–H and O–H groups in total. The lowest BCUT2D eigenvalue weighted by atomic mass is 10.0.